The Hall–Kier alpha value is -1.24. The molecule has 0 aliphatic rings. The summed E-state index contributed by atoms with van der Waals surface area (Å²) in [7, 11) is 0. The van der Waals surface area contributed by atoms with Crippen LogP contribution < -0.4 is 10.5 Å². The number of halogens is 4. The van der Waals surface area contributed by atoms with E-state index in [1.807, 2.05) is 0 Å². The number of alkyl halides is 3. The van der Waals surface area contributed by atoms with E-state index in [9.17, 15) is 18.0 Å². The van der Waals surface area contributed by atoms with Crippen LogP contribution in [0.25, 0.3) is 0 Å². The number of hydrogen-bond acceptors (Lipinski definition) is 3. The summed E-state index contributed by atoms with van der Waals surface area (Å²) >= 11 is 2.97. The number of ether oxygens (including phenoxy) is 1. The molecule has 0 saturated heterocycles. The van der Waals surface area contributed by atoms with E-state index in [0.29, 0.717) is 10.8 Å². The van der Waals surface area contributed by atoms with Gasteiger partial charge in [-0.25, -0.2) is 0 Å². The first-order chi connectivity index (χ1) is 6.85. The standard InChI is InChI=1S/C8H5BrF3NO2/c9-5-1-2-6(15-8(10,11)12)7(13)4(5)3-14/h1-3H,13H2. The minimum Gasteiger partial charge on any atom is -0.404 e. The molecule has 1 aromatic rings. The predicted octanol–water partition coefficient (Wildman–Crippen LogP) is 2.74. The van der Waals surface area contributed by atoms with E-state index < -0.39 is 12.1 Å². The molecule has 0 aliphatic carbocycles. The zero-order valence-corrected chi connectivity index (χ0v) is 8.72. The molecular formula is C8H5BrF3NO2. The summed E-state index contributed by atoms with van der Waals surface area (Å²) in [5.74, 6) is -0.590. The molecule has 0 atom stereocenters. The van der Waals surface area contributed by atoms with Gasteiger partial charge in [0.15, 0.2) is 12.0 Å². The fourth-order valence-corrected chi connectivity index (χ4v) is 1.36. The van der Waals surface area contributed by atoms with Gasteiger partial charge in [0, 0.05) is 4.47 Å². The maximum Gasteiger partial charge on any atom is 0.573 e. The number of hydrogen-bond donors (Lipinski definition) is 1. The number of aldehydes is 1. The van der Waals surface area contributed by atoms with Crippen molar-refractivity contribution in [1.29, 1.82) is 0 Å². The summed E-state index contributed by atoms with van der Waals surface area (Å²) < 4.78 is 39.6. The molecule has 0 fully saturated rings. The minimum absolute atomic E-state index is 0.0725. The van der Waals surface area contributed by atoms with Gasteiger partial charge in [-0.15, -0.1) is 13.2 Å². The Morgan fingerprint density at radius 2 is 2.00 bits per heavy atom. The lowest BCUT2D eigenvalue weighted by molar-refractivity contribution is -0.274. The van der Waals surface area contributed by atoms with Crippen LogP contribution in [0, 0.1) is 0 Å². The molecule has 0 saturated carbocycles. The smallest absolute Gasteiger partial charge is 0.404 e. The summed E-state index contributed by atoms with van der Waals surface area (Å²) in [5, 5.41) is 0. The van der Waals surface area contributed by atoms with Gasteiger partial charge in [0.05, 0.1) is 11.3 Å². The van der Waals surface area contributed by atoms with Gasteiger partial charge in [-0.3, -0.25) is 4.79 Å². The molecule has 0 aromatic heterocycles. The molecule has 0 amide bonds. The molecule has 82 valence electrons. The molecule has 0 bridgehead atoms. The number of rotatable bonds is 2. The van der Waals surface area contributed by atoms with Crippen LogP contribution in [0.15, 0.2) is 16.6 Å². The van der Waals surface area contributed by atoms with Crippen molar-refractivity contribution in [3.05, 3.63) is 22.2 Å². The van der Waals surface area contributed by atoms with E-state index in [0.717, 1.165) is 6.07 Å². The Balaban J connectivity index is 3.16. The molecule has 1 rings (SSSR count). The fraction of sp³-hybridized carbons (Fsp3) is 0.125. The quantitative estimate of drug-likeness (QED) is 0.671. The van der Waals surface area contributed by atoms with E-state index in [2.05, 4.69) is 20.7 Å². The van der Waals surface area contributed by atoms with Crippen LogP contribution in [-0.2, 0) is 0 Å². The number of carbonyl (C=O) groups is 1. The number of anilines is 1. The number of nitrogens with two attached hydrogens (primary N) is 1. The van der Waals surface area contributed by atoms with Crippen molar-refractivity contribution in [1.82, 2.24) is 0 Å². The number of carbonyl (C=O) groups excluding carboxylic acids is 1. The van der Waals surface area contributed by atoms with Crippen LogP contribution in [0.1, 0.15) is 10.4 Å². The molecule has 15 heavy (non-hydrogen) atoms. The second kappa shape index (κ2) is 4.09. The van der Waals surface area contributed by atoms with Crippen molar-refractivity contribution in [2.75, 3.05) is 5.73 Å². The Bertz CT molecular complexity index is 392. The van der Waals surface area contributed by atoms with Crippen molar-refractivity contribution in [2.45, 2.75) is 6.36 Å². The average molecular weight is 284 g/mol. The SMILES string of the molecule is Nc1c(OC(F)(F)F)ccc(Br)c1C=O. The molecule has 3 nitrogen and oxygen atoms in total. The second-order valence-corrected chi connectivity index (χ2v) is 3.39. The normalized spacial score (nSPS) is 11.2. The zero-order valence-electron chi connectivity index (χ0n) is 7.14. The summed E-state index contributed by atoms with van der Waals surface area (Å²) in [6.07, 6.45) is -4.48. The summed E-state index contributed by atoms with van der Waals surface area (Å²) in [6, 6.07) is 2.28. The molecule has 0 unspecified atom stereocenters. The van der Waals surface area contributed by atoms with E-state index in [4.69, 9.17) is 5.73 Å². The van der Waals surface area contributed by atoms with Crippen molar-refractivity contribution in [3.8, 4) is 5.75 Å². The van der Waals surface area contributed by atoms with E-state index >= 15 is 0 Å². The molecule has 1 aromatic carbocycles. The third-order valence-electron chi connectivity index (χ3n) is 1.54. The lowest BCUT2D eigenvalue weighted by Crippen LogP contribution is -2.18. The van der Waals surface area contributed by atoms with Crippen LogP contribution in [0.2, 0.25) is 0 Å². The number of nitrogen functional groups attached to an aromatic ring is 1. The second-order valence-electron chi connectivity index (χ2n) is 2.54. The first-order valence-corrected chi connectivity index (χ1v) is 4.43. The molecular weight excluding hydrogens is 279 g/mol. The van der Waals surface area contributed by atoms with Gasteiger partial charge in [-0.2, -0.15) is 0 Å². The van der Waals surface area contributed by atoms with Gasteiger partial charge in [-0.05, 0) is 28.1 Å². The molecule has 0 heterocycles. The Kier molecular flexibility index (Phi) is 3.23. The lowest BCUT2D eigenvalue weighted by Gasteiger charge is -2.12. The molecule has 0 spiro atoms. The van der Waals surface area contributed by atoms with Gasteiger partial charge in [-0.1, -0.05) is 0 Å². The van der Waals surface area contributed by atoms with Crippen LogP contribution in [0.3, 0.4) is 0 Å². The van der Waals surface area contributed by atoms with Gasteiger partial charge in [0.25, 0.3) is 0 Å². The van der Waals surface area contributed by atoms with Crippen LogP contribution in [-0.4, -0.2) is 12.6 Å². The summed E-state index contributed by atoms with van der Waals surface area (Å²) in [4.78, 5) is 10.5. The molecule has 0 radical (unpaired) electrons. The largest absolute Gasteiger partial charge is 0.573 e. The highest BCUT2D eigenvalue weighted by atomic mass is 79.9. The van der Waals surface area contributed by atoms with Gasteiger partial charge in [0.1, 0.15) is 0 Å². The summed E-state index contributed by atoms with van der Waals surface area (Å²) in [6.45, 7) is 0. The van der Waals surface area contributed by atoms with Gasteiger partial charge in [0.2, 0.25) is 0 Å². The Morgan fingerprint density at radius 1 is 1.40 bits per heavy atom. The molecule has 0 aliphatic heterocycles. The number of benzene rings is 1. The third kappa shape index (κ3) is 2.85. The van der Waals surface area contributed by atoms with Gasteiger partial charge >= 0.3 is 6.36 Å². The zero-order chi connectivity index (χ0) is 11.6. The fourth-order valence-electron chi connectivity index (χ4n) is 0.923. The minimum atomic E-state index is -4.83. The average Bonchev–Trinajstić information content (AvgIpc) is 2.09. The highest BCUT2D eigenvalue weighted by Gasteiger charge is 2.32. The van der Waals surface area contributed by atoms with Crippen molar-refractivity contribution < 1.29 is 22.7 Å². The first kappa shape index (κ1) is 11.8. The van der Waals surface area contributed by atoms with Gasteiger partial charge < -0.3 is 10.5 Å². The predicted molar refractivity (Wildman–Crippen MR) is 50.6 cm³/mol. The first-order valence-electron chi connectivity index (χ1n) is 3.64. The van der Waals surface area contributed by atoms with Crippen molar-refractivity contribution >= 4 is 27.9 Å². The third-order valence-corrected chi connectivity index (χ3v) is 2.23. The van der Waals surface area contributed by atoms with Crippen molar-refractivity contribution in [3.63, 3.8) is 0 Å². The van der Waals surface area contributed by atoms with Crippen LogP contribution >= 0.6 is 15.9 Å². The lowest BCUT2D eigenvalue weighted by atomic mass is 10.2. The maximum absolute atomic E-state index is 11.9. The Labute approximate surface area is 91.1 Å². The van der Waals surface area contributed by atoms with Crippen molar-refractivity contribution in [2.24, 2.45) is 0 Å². The Morgan fingerprint density at radius 3 is 2.47 bits per heavy atom. The maximum atomic E-state index is 11.9. The highest BCUT2D eigenvalue weighted by molar-refractivity contribution is 9.10. The monoisotopic (exact) mass is 283 g/mol. The van der Waals surface area contributed by atoms with Crippen LogP contribution in [0.5, 0.6) is 5.75 Å². The highest BCUT2D eigenvalue weighted by Crippen LogP contribution is 2.33. The van der Waals surface area contributed by atoms with E-state index in [1.165, 1.54) is 6.07 Å². The van der Waals surface area contributed by atoms with Crippen LogP contribution in [0.4, 0.5) is 18.9 Å². The molecule has 2 N–H and O–H groups in total. The molecule has 7 heteroatoms. The summed E-state index contributed by atoms with van der Waals surface area (Å²) in [5.41, 5.74) is 4.89. The topological polar surface area (TPSA) is 52.3 Å². The van der Waals surface area contributed by atoms with E-state index in [-0.39, 0.29) is 11.3 Å². The van der Waals surface area contributed by atoms with E-state index in [1.54, 1.807) is 0 Å².